The molecule has 0 unspecified atom stereocenters. The number of hydrogen-bond donors (Lipinski definition) is 1. The molecule has 0 aliphatic carbocycles. The Bertz CT molecular complexity index is 1480. The summed E-state index contributed by atoms with van der Waals surface area (Å²) in [6.07, 6.45) is 0.863. The van der Waals surface area contributed by atoms with Crippen LogP contribution in [0.5, 0.6) is 0 Å². The number of halogens is 5. The predicted octanol–water partition coefficient (Wildman–Crippen LogP) is 7.02. The second-order valence-corrected chi connectivity index (χ2v) is 8.81. The maximum Gasteiger partial charge on any atom is 0.336 e. The van der Waals surface area contributed by atoms with Crippen LogP contribution in [0.1, 0.15) is 38.3 Å². The first-order valence-electron chi connectivity index (χ1n) is 11.9. The minimum Gasteiger partial charge on any atom is -0.478 e. The van der Waals surface area contributed by atoms with E-state index in [4.69, 9.17) is 0 Å². The van der Waals surface area contributed by atoms with Gasteiger partial charge in [0.25, 0.3) is 5.91 Å². The highest BCUT2D eigenvalue weighted by atomic mass is 19.2. The first kappa shape index (κ1) is 27.5. The van der Waals surface area contributed by atoms with Gasteiger partial charge in [-0.25, -0.2) is 26.7 Å². The molecule has 4 aromatic carbocycles. The van der Waals surface area contributed by atoms with Crippen LogP contribution in [0.15, 0.2) is 78.9 Å². The van der Waals surface area contributed by atoms with Gasteiger partial charge in [-0.3, -0.25) is 4.79 Å². The van der Waals surface area contributed by atoms with Gasteiger partial charge in [-0.15, -0.1) is 0 Å². The lowest BCUT2D eigenvalue weighted by molar-refractivity contribution is 0.0695. The molecule has 0 aliphatic rings. The molecule has 4 rings (SSSR count). The second kappa shape index (κ2) is 11.9. The lowest BCUT2D eigenvalue weighted by Gasteiger charge is -2.24. The van der Waals surface area contributed by atoms with Crippen LogP contribution in [0.4, 0.5) is 22.0 Å². The summed E-state index contributed by atoms with van der Waals surface area (Å²) < 4.78 is 70.2. The summed E-state index contributed by atoms with van der Waals surface area (Å²) in [6.45, 7) is -0.217. The van der Waals surface area contributed by atoms with Crippen LogP contribution in [-0.2, 0) is 13.0 Å². The van der Waals surface area contributed by atoms with E-state index in [2.05, 4.69) is 0 Å². The molecule has 0 saturated heterocycles. The number of amides is 1. The minimum atomic E-state index is -2.34. The molecule has 0 spiro atoms. The van der Waals surface area contributed by atoms with Gasteiger partial charge in [0, 0.05) is 13.1 Å². The fraction of sp³-hybridized carbons (Fsp3) is 0.133. The third-order valence-corrected chi connectivity index (χ3v) is 6.24. The highest BCUT2D eigenvalue weighted by Gasteiger charge is 2.32. The predicted molar refractivity (Wildman–Crippen MR) is 135 cm³/mol. The first-order chi connectivity index (χ1) is 18.7. The van der Waals surface area contributed by atoms with Crippen molar-refractivity contribution in [3.05, 3.63) is 130 Å². The van der Waals surface area contributed by atoms with Gasteiger partial charge in [0.15, 0.2) is 23.3 Å². The molecule has 4 nitrogen and oxygen atoms in total. The molecule has 200 valence electrons. The van der Waals surface area contributed by atoms with Crippen LogP contribution >= 0.6 is 0 Å². The van der Waals surface area contributed by atoms with Gasteiger partial charge in [0.2, 0.25) is 5.82 Å². The summed E-state index contributed by atoms with van der Waals surface area (Å²) in [5.74, 6) is -13.5. The smallest absolute Gasteiger partial charge is 0.336 e. The zero-order chi connectivity index (χ0) is 28.1. The van der Waals surface area contributed by atoms with Gasteiger partial charge < -0.3 is 10.0 Å². The molecule has 4 aromatic rings. The Labute approximate surface area is 220 Å². The molecular formula is C30H22F5NO3. The Hall–Kier alpha value is -4.53. The summed E-state index contributed by atoms with van der Waals surface area (Å²) in [5.41, 5.74) is 1.07. The van der Waals surface area contributed by atoms with E-state index >= 15 is 0 Å². The SMILES string of the molecule is O=C(O)c1ccccc1-c1ccc(CN(CCCc2ccccc2)C(=O)c2c(F)c(F)c(F)c(F)c2F)cc1. The number of carbonyl (C=O) groups excluding carboxylic acids is 1. The van der Waals surface area contributed by atoms with Crippen molar-refractivity contribution in [1.29, 1.82) is 0 Å². The maximum absolute atomic E-state index is 14.5. The number of aromatic carboxylic acids is 1. The van der Waals surface area contributed by atoms with Crippen molar-refractivity contribution >= 4 is 11.9 Å². The third kappa shape index (κ3) is 5.98. The molecule has 9 heteroatoms. The molecule has 0 aliphatic heterocycles. The largest absolute Gasteiger partial charge is 0.478 e. The number of rotatable bonds is 9. The van der Waals surface area contributed by atoms with Crippen LogP contribution in [0, 0.1) is 29.1 Å². The minimum absolute atomic E-state index is 0.0309. The van der Waals surface area contributed by atoms with Crippen LogP contribution in [0.25, 0.3) is 11.1 Å². The zero-order valence-electron chi connectivity index (χ0n) is 20.4. The number of carboxylic acid groups (broad SMARTS) is 1. The summed E-state index contributed by atoms with van der Waals surface area (Å²) >= 11 is 0. The van der Waals surface area contributed by atoms with Crippen molar-refractivity contribution in [3.63, 3.8) is 0 Å². The summed E-state index contributed by atoms with van der Waals surface area (Å²) in [7, 11) is 0. The van der Waals surface area contributed by atoms with Crippen LogP contribution < -0.4 is 0 Å². The van der Waals surface area contributed by atoms with Gasteiger partial charge in [-0.2, -0.15) is 0 Å². The van der Waals surface area contributed by atoms with Gasteiger partial charge in [0.05, 0.1) is 5.56 Å². The molecule has 1 N–H and O–H groups in total. The van der Waals surface area contributed by atoms with Gasteiger partial charge >= 0.3 is 5.97 Å². The molecule has 0 bridgehead atoms. The molecule has 0 saturated carbocycles. The number of hydrogen-bond acceptors (Lipinski definition) is 2. The number of benzene rings is 4. The van der Waals surface area contributed by atoms with E-state index in [0.717, 1.165) is 10.5 Å². The quantitative estimate of drug-likeness (QED) is 0.141. The van der Waals surface area contributed by atoms with Gasteiger partial charge in [0.1, 0.15) is 5.56 Å². The fourth-order valence-corrected chi connectivity index (χ4v) is 4.25. The van der Waals surface area contributed by atoms with Gasteiger partial charge in [-0.05, 0) is 41.2 Å². The Morgan fingerprint density at radius 2 is 1.23 bits per heavy atom. The highest BCUT2D eigenvalue weighted by Crippen LogP contribution is 2.27. The molecule has 39 heavy (non-hydrogen) atoms. The second-order valence-electron chi connectivity index (χ2n) is 8.81. The van der Waals surface area contributed by atoms with E-state index in [0.29, 0.717) is 29.5 Å². The molecule has 0 heterocycles. The van der Waals surface area contributed by atoms with Crippen LogP contribution in [-0.4, -0.2) is 28.4 Å². The highest BCUT2D eigenvalue weighted by molar-refractivity contribution is 5.96. The van der Waals surface area contributed by atoms with Crippen LogP contribution in [0.2, 0.25) is 0 Å². The van der Waals surface area contributed by atoms with Crippen molar-refractivity contribution < 1.29 is 36.6 Å². The standard InChI is InChI=1S/C30H22F5NO3/c31-24-23(25(32)27(34)28(35)26(24)33)29(37)36(16-6-9-18-7-2-1-3-8-18)17-19-12-14-20(15-13-19)21-10-4-5-11-22(21)30(38)39/h1-5,7-8,10-15H,6,9,16-17H2,(H,38,39). The normalized spacial score (nSPS) is 10.9. The summed E-state index contributed by atoms with van der Waals surface area (Å²) in [5, 5.41) is 9.45. The van der Waals surface area contributed by atoms with E-state index in [1.165, 1.54) is 6.07 Å². The Morgan fingerprint density at radius 1 is 0.667 bits per heavy atom. The zero-order valence-corrected chi connectivity index (χ0v) is 20.4. The average Bonchev–Trinajstić information content (AvgIpc) is 2.95. The number of carboxylic acids is 1. The molecule has 0 aromatic heterocycles. The molecule has 0 fully saturated rings. The molecule has 1 amide bonds. The first-order valence-corrected chi connectivity index (χ1v) is 11.9. The Kier molecular flexibility index (Phi) is 8.39. The maximum atomic E-state index is 14.5. The van der Waals surface area contributed by atoms with E-state index in [-0.39, 0.29) is 18.7 Å². The van der Waals surface area contributed by atoms with Crippen molar-refractivity contribution in [2.75, 3.05) is 6.54 Å². The summed E-state index contributed by atoms with van der Waals surface area (Å²) in [4.78, 5) is 25.8. The summed E-state index contributed by atoms with van der Waals surface area (Å²) in [6, 6.07) is 22.1. The average molecular weight is 540 g/mol. The van der Waals surface area contributed by atoms with Crippen molar-refractivity contribution in [3.8, 4) is 11.1 Å². The number of aryl methyl sites for hydroxylation is 1. The lowest BCUT2D eigenvalue weighted by atomic mass is 9.98. The van der Waals surface area contributed by atoms with Gasteiger partial charge in [-0.1, -0.05) is 72.8 Å². The number of carbonyl (C=O) groups is 2. The van der Waals surface area contributed by atoms with E-state index in [9.17, 15) is 36.6 Å². The van der Waals surface area contributed by atoms with Crippen LogP contribution in [0.3, 0.4) is 0 Å². The van der Waals surface area contributed by atoms with Crippen molar-refractivity contribution in [2.24, 2.45) is 0 Å². The lowest BCUT2D eigenvalue weighted by Crippen LogP contribution is -2.34. The Morgan fingerprint density at radius 3 is 1.85 bits per heavy atom. The number of nitrogens with zero attached hydrogens (tertiary/aromatic N) is 1. The van der Waals surface area contributed by atoms with E-state index < -0.39 is 46.5 Å². The topological polar surface area (TPSA) is 57.6 Å². The fourth-order valence-electron chi connectivity index (χ4n) is 4.25. The molecule has 0 atom stereocenters. The van der Waals surface area contributed by atoms with E-state index in [1.807, 2.05) is 30.3 Å². The van der Waals surface area contributed by atoms with E-state index in [1.54, 1.807) is 42.5 Å². The van der Waals surface area contributed by atoms with Crippen molar-refractivity contribution in [2.45, 2.75) is 19.4 Å². The molecular weight excluding hydrogens is 517 g/mol. The monoisotopic (exact) mass is 539 g/mol. The van der Waals surface area contributed by atoms with Crippen molar-refractivity contribution in [1.82, 2.24) is 4.90 Å². The third-order valence-electron chi connectivity index (χ3n) is 6.24. The Balaban J connectivity index is 1.63. The molecule has 0 radical (unpaired) electrons.